The van der Waals surface area contributed by atoms with E-state index < -0.39 is 18.4 Å². The third-order valence-corrected chi connectivity index (χ3v) is 5.98. The molecule has 4 rings (SSSR count). The van der Waals surface area contributed by atoms with Gasteiger partial charge in [0.1, 0.15) is 12.4 Å². The normalized spacial score (nSPS) is 13.9. The van der Waals surface area contributed by atoms with Gasteiger partial charge in [-0.15, -0.1) is 0 Å². The number of fused-ring (bicyclic) bond motifs is 1. The van der Waals surface area contributed by atoms with Crippen molar-refractivity contribution in [2.75, 3.05) is 6.61 Å². The van der Waals surface area contributed by atoms with E-state index in [1.54, 1.807) is 29.8 Å². The second-order valence-corrected chi connectivity index (χ2v) is 8.08. The second-order valence-electron chi connectivity index (χ2n) is 7.22. The first kappa shape index (κ1) is 21.4. The van der Waals surface area contributed by atoms with Gasteiger partial charge in [-0.2, -0.15) is 18.3 Å². The number of aromatic nitrogens is 2. The van der Waals surface area contributed by atoms with Crippen LogP contribution in [-0.4, -0.2) is 27.7 Å². The van der Waals surface area contributed by atoms with Gasteiger partial charge < -0.3 is 9.84 Å². The molecule has 0 aliphatic heterocycles. The number of benzene rings is 3. The molecule has 8 heteroatoms. The van der Waals surface area contributed by atoms with E-state index in [0.29, 0.717) is 10.9 Å². The minimum absolute atomic E-state index is 0.237. The molecule has 4 nitrogen and oxygen atoms in total. The SMILES string of the molecule is Cc1cc(OCC(O)(c2ccc3c(cnn3-c3ccccc3)c2)C(F)(F)F)ccc1Br. The van der Waals surface area contributed by atoms with Crippen LogP contribution in [0.4, 0.5) is 13.2 Å². The zero-order chi connectivity index (χ0) is 22.2. The van der Waals surface area contributed by atoms with Crippen LogP contribution in [-0.2, 0) is 5.60 Å². The van der Waals surface area contributed by atoms with Gasteiger partial charge >= 0.3 is 6.18 Å². The Morgan fingerprint density at radius 2 is 1.77 bits per heavy atom. The van der Waals surface area contributed by atoms with Crippen LogP contribution in [0.15, 0.2) is 77.4 Å². The van der Waals surface area contributed by atoms with Crippen molar-refractivity contribution in [3.05, 3.63) is 88.5 Å². The van der Waals surface area contributed by atoms with Crippen LogP contribution in [0.5, 0.6) is 5.75 Å². The van der Waals surface area contributed by atoms with Crippen LogP contribution in [0, 0.1) is 6.92 Å². The molecule has 0 radical (unpaired) electrons. The van der Waals surface area contributed by atoms with Crippen molar-refractivity contribution < 1.29 is 23.0 Å². The molecular weight excluding hydrogens is 473 g/mol. The Kier molecular flexibility index (Phi) is 5.53. The number of alkyl halides is 3. The monoisotopic (exact) mass is 490 g/mol. The summed E-state index contributed by atoms with van der Waals surface area (Å²) in [5, 5.41) is 15.5. The second kappa shape index (κ2) is 8.01. The summed E-state index contributed by atoms with van der Waals surface area (Å²) in [6, 6.07) is 18.2. The molecule has 3 aromatic carbocycles. The van der Waals surface area contributed by atoms with Crippen molar-refractivity contribution in [2.24, 2.45) is 0 Å². The number of ether oxygens (including phenoxy) is 1. The van der Waals surface area contributed by atoms with Crippen molar-refractivity contribution in [3.8, 4) is 11.4 Å². The van der Waals surface area contributed by atoms with Gasteiger partial charge in [0.2, 0.25) is 5.60 Å². The first-order valence-electron chi connectivity index (χ1n) is 9.41. The van der Waals surface area contributed by atoms with Crippen LogP contribution >= 0.6 is 15.9 Å². The van der Waals surface area contributed by atoms with E-state index in [1.807, 2.05) is 30.3 Å². The van der Waals surface area contributed by atoms with Gasteiger partial charge in [-0.25, -0.2) is 4.68 Å². The van der Waals surface area contributed by atoms with E-state index in [1.165, 1.54) is 24.4 Å². The van der Waals surface area contributed by atoms with Crippen LogP contribution in [0.2, 0.25) is 0 Å². The lowest BCUT2D eigenvalue weighted by Gasteiger charge is -2.31. The van der Waals surface area contributed by atoms with Crippen molar-refractivity contribution >= 4 is 26.8 Å². The molecule has 0 aliphatic rings. The number of halogens is 4. The number of rotatable bonds is 5. The number of aliphatic hydroxyl groups is 1. The van der Waals surface area contributed by atoms with Gasteiger partial charge in [0, 0.05) is 9.86 Å². The molecule has 0 spiro atoms. The van der Waals surface area contributed by atoms with Gasteiger partial charge in [0.25, 0.3) is 0 Å². The summed E-state index contributed by atoms with van der Waals surface area (Å²) < 4.78 is 49.7. The molecule has 0 bridgehead atoms. The number of hydrogen-bond acceptors (Lipinski definition) is 3. The van der Waals surface area contributed by atoms with E-state index in [4.69, 9.17) is 4.74 Å². The number of nitrogens with zero attached hydrogens (tertiary/aromatic N) is 2. The fraction of sp³-hybridized carbons (Fsp3) is 0.174. The van der Waals surface area contributed by atoms with Crippen LogP contribution < -0.4 is 4.74 Å². The highest BCUT2D eigenvalue weighted by Gasteiger charge is 2.56. The summed E-state index contributed by atoms with van der Waals surface area (Å²) >= 11 is 3.34. The van der Waals surface area contributed by atoms with E-state index in [2.05, 4.69) is 21.0 Å². The smallest absolute Gasteiger partial charge is 0.424 e. The Morgan fingerprint density at radius 3 is 2.45 bits per heavy atom. The van der Waals surface area contributed by atoms with Crippen molar-refractivity contribution in [1.82, 2.24) is 9.78 Å². The number of hydrogen-bond donors (Lipinski definition) is 1. The molecule has 1 atom stereocenters. The highest BCUT2D eigenvalue weighted by Crippen LogP contribution is 2.40. The molecule has 160 valence electrons. The fourth-order valence-corrected chi connectivity index (χ4v) is 3.54. The van der Waals surface area contributed by atoms with E-state index in [0.717, 1.165) is 15.7 Å². The van der Waals surface area contributed by atoms with Gasteiger partial charge in [0.15, 0.2) is 0 Å². The third kappa shape index (κ3) is 4.05. The number of aryl methyl sites for hydroxylation is 1. The molecule has 1 heterocycles. The highest BCUT2D eigenvalue weighted by molar-refractivity contribution is 9.10. The van der Waals surface area contributed by atoms with Gasteiger partial charge in [-0.1, -0.05) is 40.2 Å². The summed E-state index contributed by atoms with van der Waals surface area (Å²) in [5.41, 5.74) is -1.28. The molecule has 1 aromatic heterocycles. The lowest BCUT2D eigenvalue weighted by molar-refractivity contribution is -0.275. The predicted octanol–water partition coefficient (Wildman–Crippen LogP) is 5.93. The van der Waals surface area contributed by atoms with Gasteiger partial charge in [-0.05, 0) is 60.5 Å². The van der Waals surface area contributed by atoms with Crippen LogP contribution in [0.3, 0.4) is 0 Å². The molecule has 31 heavy (non-hydrogen) atoms. The molecule has 1 unspecified atom stereocenters. The molecule has 0 fully saturated rings. The first-order chi connectivity index (χ1) is 14.7. The summed E-state index contributed by atoms with van der Waals surface area (Å²) in [6.45, 7) is 0.821. The zero-order valence-electron chi connectivity index (χ0n) is 16.4. The number of para-hydroxylation sites is 1. The quantitative estimate of drug-likeness (QED) is 0.377. The van der Waals surface area contributed by atoms with E-state index in [-0.39, 0.29) is 11.3 Å². The van der Waals surface area contributed by atoms with E-state index >= 15 is 0 Å². The van der Waals surface area contributed by atoms with Crippen LogP contribution in [0.1, 0.15) is 11.1 Å². The van der Waals surface area contributed by atoms with Crippen molar-refractivity contribution in [3.63, 3.8) is 0 Å². The topological polar surface area (TPSA) is 47.3 Å². The predicted molar refractivity (Wildman–Crippen MR) is 115 cm³/mol. The molecule has 0 saturated heterocycles. The Morgan fingerprint density at radius 1 is 1.03 bits per heavy atom. The van der Waals surface area contributed by atoms with Gasteiger partial charge in [0.05, 0.1) is 17.4 Å². The lowest BCUT2D eigenvalue weighted by atomic mass is 9.93. The van der Waals surface area contributed by atoms with E-state index in [9.17, 15) is 18.3 Å². The Labute approximate surface area is 185 Å². The Bertz CT molecular complexity index is 1220. The highest BCUT2D eigenvalue weighted by atomic mass is 79.9. The standard InChI is InChI=1S/C23H18BrF3N2O2/c1-15-11-19(8-9-20(15)24)31-14-22(30,23(25,26)27)17-7-10-21-16(12-17)13-28-29(21)18-5-3-2-4-6-18/h2-13,30H,14H2,1H3. The lowest BCUT2D eigenvalue weighted by Crippen LogP contribution is -2.47. The Hall–Kier alpha value is -2.84. The maximum atomic E-state index is 13.9. The van der Waals surface area contributed by atoms with Crippen molar-refractivity contribution in [2.45, 2.75) is 18.7 Å². The zero-order valence-corrected chi connectivity index (χ0v) is 18.0. The summed E-state index contributed by atoms with van der Waals surface area (Å²) in [4.78, 5) is 0. The third-order valence-electron chi connectivity index (χ3n) is 5.09. The van der Waals surface area contributed by atoms with Crippen LogP contribution in [0.25, 0.3) is 16.6 Å². The van der Waals surface area contributed by atoms with Gasteiger partial charge in [-0.3, -0.25) is 0 Å². The maximum absolute atomic E-state index is 13.9. The largest absolute Gasteiger partial charge is 0.490 e. The Balaban J connectivity index is 1.69. The fourth-order valence-electron chi connectivity index (χ4n) is 3.29. The van der Waals surface area contributed by atoms with Crippen molar-refractivity contribution in [1.29, 1.82) is 0 Å². The first-order valence-corrected chi connectivity index (χ1v) is 10.2. The molecule has 1 N–H and O–H groups in total. The molecule has 4 aromatic rings. The molecule has 0 aliphatic carbocycles. The molecule has 0 amide bonds. The summed E-state index contributed by atoms with van der Waals surface area (Å²) in [6.07, 6.45) is -3.47. The minimum Gasteiger partial charge on any atom is -0.490 e. The average Bonchev–Trinajstić information content (AvgIpc) is 3.17. The molecule has 0 saturated carbocycles. The maximum Gasteiger partial charge on any atom is 0.424 e. The average molecular weight is 491 g/mol. The minimum atomic E-state index is -4.94. The summed E-state index contributed by atoms with van der Waals surface area (Å²) in [7, 11) is 0. The molecular formula is C23H18BrF3N2O2. The summed E-state index contributed by atoms with van der Waals surface area (Å²) in [5.74, 6) is 0.237.